The largest absolute Gasteiger partial charge is 0.496 e. The van der Waals surface area contributed by atoms with Gasteiger partial charge in [0.25, 0.3) is 0 Å². The van der Waals surface area contributed by atoms with E-state index in [0.29, 0.717) is 11.6 Å². The lowest BCUT2D eigenvalue weighted by Crippen LogP contribution is -2.17. The molecule has 1 rings (SSSR count). The van der Waals surface area contributed by atoms with Gasteiger partial charge in [-0.15, -0.1) is 0 Å². The number of likely N-dealkylation sites (N-methyl/N-ethyl adjacent to an activating group) is 1. The second-order valence-corrected chi connectivity index (χ2v) is 4.75. The highest BCUT2D eigenvalue weighted by molar-refractivity contribution is 6.31. The molecule has 96 valence electrons. The average Bonchev–Trinajstić information content (AvgIpc) is 2.27. The van der Waals surface area contributed by atoms with Gasteiger partial charge in [0.2, 0.25) is 0 Å². The maximum absolute atomic E-state index is 9.92. The average molecular weight is 258 g/mol. The molecule has 0 amide bonds. The molecule has 0 spiro atoms. The molecular weight excluding hydrogens is 238 g/mol. The molecule has 0 fully saturated rings. The van der Waals surface area contributed by atoms with Crippen LogP contribution in [0.2, 0.25) is 5.02 Å². The zero-order valence-corrected chi connectivity index (χ0v) is 11.5. The molecule has 2 N–H and O–H groups in total. The minimum atomic E-state index is -0.576. The Morgan fingerprint density at radius 3 is 2.53 bits per heavy atom. The summed E-state index contributed by atoms with van der Waals surface area (Å²) in [6.07, 6.45) is -0.576. The Bertz CT molecular complexity index is 380. The molecule has 3 nitrogen and oxygen atoms in total. The van der Waals surface area contributed by atoms with Crippen molar-refractivity contribution in [1.29, 1.82) is 0 Å². The molecule has 0 aliphatic heterocycles. The molecule has 0 saturated carbocycles. The summed E-state index contributed by atoms with van der Waals surface area (Å²) in [7, 11) is 3.41. The highest BCUT2D eigenvalue weighted by atomic mass is 35.5. The highest BCUT2D eigenvalue weighted by Gasteiger charge is 2.16. The molecule has 4 heteroatoms. The number of rotatable bonds is 5. The second-order valence-electron chi connectivity index (χ2n) is 4.35. The lowest BCUT2D eigenvalue weighted by atomic mass is 9.98. The number of halogens is 1. The van der Waals surface area contributed by atoms with E-state index in [1.54, 1.807) is 20.2 Å². The highest BCUT2D eigenvalue weighted by Crippen LogP contribution is 2.35. The minimum Gasteiger partial charge on any atom is -0.496 e. The summed E-state index contributed by atoms with van der Waals surface area (Å²) in [5.74, 6) is 1.02. The third-order valence-corrected chi connectivity index (χ3v) is 3.01. The summed E-state index contributed by atoms with van der Waals surface area (Å²) in [4.78, 5) is 0. The van der Waals surface area contributed by atoms with Crippen molar-refractivity contribution >= 4 is 11.6 Å². The van der Waals surface area contributed by atoms with Crippen LogP contribution in [0.4, 0.5) is 0 Å². The van der Waals surface area contributed by atoms with Crippen molar-refractivity contribution in [2.24, 2.45) is 0 Å². The van der Waals surface area contributed by atoms with Gasteiger partial charge in [0, 0.05) is 17.1 Å². The monoisotopic (exact) mass is 257 g/mol. The van der Waals surface area contributed by atoms with E-state index in [4.69, 9.17) is 16.3 Å². The van der Waals surface area contributed by atoms with E-state index < -0.39 is 6.10 Å². The van der Waals surface area contributed by atoms with Crippen molar-refractivity contribution in [3.8, 4) is 5.75 Å². The van der Waals surface area contributed by atoms with Crippen molar-refractivity contribution in [3.63, 3.8) is 0 Å². The summed E-state index contributed by atoms with van der Waals surface area (Å²) < 4.78 is 5.34. The zero-order chi connectivity index (χ0) is 13.0. The minimum absolute atomic E-state index is 0.285. The van der Waals surface area contributed by atoms with Gasteiger partial charge < -0.3 is 15.2 Å². The summed E-state index contributed by atoms with van der Waals surface area (Å²) in [6.45, 7) is 4.61. The third kappa shape index (κ3) is 3.35. The van der Waals surface area contributed by atoms with Crippen LogP contribution in [0.15, 0.2) is 12.1 Å². The fraction of sp³-hybridized carbons (Fsp3) is 0.538. The molecular formula is C13H20ClNO2. The van der Waals surface area contributed by atoms with E-state index in [2.05, 4.69) is 19.2 Å². The molecule has 1 unspecified atom stereocenters. The van der Waals surface area contributed by atoms with Crippen molar-refractivity contribution in [1.82, 2.24) is 5.32 Å². The fourth-order valence-electron chi connectivity index (χ4n) is 1.85. The Morgan fingerprint density at radius 2 is 2.06 bits per heavy atom. The van der Waals surface area contributed by atoms with Crippen LogP contribution in [0, 0.1) is 0 Å². The van der Waals surface area contributed by atoms with Crippen LogP contribution < -0.4 is 10.1 Å². The number of benzene rings is 1. The molecule has 1 atom stereocenters. The summed E-state index contributed by atoms with van der Waals surface area (Å²) >= 11 is 6.24. The quantitative estimate of drug-likeness (QED) is 0.852. The number of ether oxygens (including phenoxy) is 1. The van der Waals surface area contributed by atoms with E-state index in [1.165, 1.54) is 0 Å². The Kier molecular flexibility index (Phi) is 5.25. The number of hydrogen-bond donors (Lipinski definition) is 2. The number of nitrogens with one attached hydrogen (secondary N) is 1. The number of aliphatic hydroxyl groups excluding tert-OH is 1. The summed E-state index contributed by atoms with van der Waals surface area (Å²) in [5.41, 5.74) is 1.75. The molecule has 0 radical (unpaired) electrons. The standard InChI is InChI=1S/C13H20ClNO2/c1-8(2)13-10(14)5-9(6-12(13)17-4)11(16)7-15-3/h5-6,8,11,15-16H,7H2,1-4H3. The number of aliphatic hydroxyl groups is 1. The number of methoxy groups -OCH3 is 1. The van der Waals surface area contributed by atoms with Crippen molar-refractivity contribution in [3.05, 3.63) is 28.3 Å². The molecule has 1 aromatic rings. The van der Waals surface area contributed by atoms with Gasteiger partial charge in [-0.3, -0.25) is 0 Å². The Balaban J connectivity index is 3.17. The van der Waals surface area contributed by atoms with E-state index in [-0.39, 0.29) is 5.92 Å². The SMILES string of the molecule is CNCC(O)c1cc(Cl)c(C(C)C)c(OC)c1. The van der Waals surface area contributed by atoms with Crippen LogP contribution in [0.25, 0.3) is 0 Å². The maximum Gasteiger partial charge on any atom is 0.124 e. The predicted octanol–water partition coefficient (Wildman–Crippen LogP) is 2.72. The molecule has 0 saturated heterocycles. The molecule has 1 aromatic carbocycles. The molecule has 0 bridgehead atoms. The van der Waals surface area contributed by atoms with Gasteiger partial charge in [0.15, 0.2) is 0 Å². The van der Waals surface area contributed by atoms with Gasteiger partial charge in [0.1, 0.15) is 5.75 Å². The van der Waals surface area contributed by atoms with Crippen molar-refractivity contribution in [2.45, 2.75) is 25.9 Å². The fourth-order valence-corrected chi connectivity index (χ4v) is 2.28. The van der Waals surface area contributed by atoms with E-state index in [9.17, 15) is 5.11 Å². The van der Waals surface area contributed by atoms with Gasteiger partial charge in [-0.2, -0.15) is 0 Å². The van der Waals surface area contributed by atoms with Crippen LogP contribution in [-0.4, -0.2) is 25.8 Å². The topological polar surface area (TPSA) is 41.5 Å². The van der Waals surface area contributed by atoms with Crippen LogP contribution in [0.1, 0.15) is 37.0 Å². The normalized spacial score (nSPS) is 12.9. The van der Waals surface area contributed by atoms with Crippen LogP contribution in [0.3, 0.4) is 0 Å². The zero-order valence-electron chi connectivity index (χ0n) is 10.7. The first-order valence-corrected chi connectivity index (χ1v) is 6.09. The Hall–Kier alpha value is -0.770. The van der Waals surface area contributed by atoms with Gasteiger partial charge in [0.05, 0.1) is 13.2 Å². The maximum atomic E-state index is 9.92. The first-order valence-electron chi connectivity index (χ1n) is 5.71. The molecule has 0 heterocycles. The lowest BCUT2D eigenvalue weighted by molar-refractivity contribution is 0.177. The van der Waals surface area contributed by atoms with Gasteiger partial charge in [-0.1, -0.05) is 25.4 Å². The van der Waals surface area contributed by atoms with Gasteiger partial charge >= 0.3 is 0 Å². The molecule has 0 aliphatic rings. The van der Waals surface area contributed by atoms with Crippen LogP contribution in [0.5, 0.6) is 5.75 Å². The lowest BCUT2D eigenvalue weighted by Gasteiger charge is -2.18. The molecule has 0 aromatic heterocycles. The van der Waals surface area contributed by atoms with E-state index in [1.807, 2.05) is 6.07 Å². The first-order chi connectivity index (χ1) is 8.01. The second kappa shape index (κ2) is 6.24. The Morgan fingerprint density at radius 1 is 1.41 bits per heavy atom. The van der Waals surface area contributed by atoms with E-state index >= 15 is 0 Å². The van der Waals surface area contributed by atoms with Crippen LogP contribution >= 0.6 is 11.6 Å². The summed E-state index contributed by atoms with van der Waals surface area (Å²) in [5, 5.41) is 13.5. The molecule has 0 aliphatic carbocycles. The third-order valence-electron chi connectivity index (χ3n) is 2.69. The van der Waals surface area contributed by atoms with Crippen molar-refractivity contribution < 1.29 is 9.84 Å². The smallest absolute Gasteiger partial charge is 0.124 e. The van der Waals surface area contributed by atoms with Crippen LogP contribution in [-0.2, 0) is 0 Å². The predicted molar refractivity (Wildman–Crippen MR) is 71.0 cm³/mol. The first kappa shape index (κ1) is 14.3. The van der Waals surface area contributed by atoms with E-state index in [0.717, 1.165) is 16.9 Å². The summed E-state index contributed by atoms with van der Waals surface area (Å²) in [6, 6.07) is 3.66. The van der Waals surface area contributed by atoms with Gasteiger partial charge in [-0.05, 0) is 30.7 Å². The molecule has 17 heavy (non-hydrogen) atoms. The Labute approximate surface area is 108 Å². The van der Waals surface area contributed by atoms with Crippen molar-refractivity contribution in [2.75, 3.05) is 20.7 Å². The van der Waals surface area contributed by atoms with Gasteiger partial charge in [-0.25, -0.2) is 0 Å². The number of hydrogen-bond acceptors (Lipinski definition) is 3.